The van der Waals surface area contributed by atoms with E-state index >= 15 is 0 Å². The molecule has 5 nitrogen and oxygen atoms in total. The summed E-state index contributed by atoms with van der Waals surface area (Å²) in [6.07, 6.45) is 0. The fourth-order valence-electron chi connectivity index (χ4n) is 1.02. The highest BCUT2D eigenvalue weighted by atomic mass is 35.5. The fraction of sp³-hybridized carbons (Fsp3) is 0.100. The molecule has 1 aromatic rings. The Labute approximate surface area is 108 Å². The van der Waals surface area contributed by atoms with Crippen LogP contribution in [-0.4, -0.2) is 17.5 Å². The molecule has 17 heavy (non-hydrogen) atoms. The number of hydrogen-bond donors (Lipinski definition) is 2. The minimum absolute atomic E-state index is 0.409. The number of carbonyl (C=O) groups is 2. The molecule has 7 heteroatoms. The number of nitrogens with one attached hydrogen (secondary N) is 1. The molecule has 0 saturated carbocycles. The second kappa shape index (κ2) is 5.65. The van der Waals surface area contributed by atoms with Crippen LogP contribution < -0.4 is 11.2 Å². The summed E-state index contributed by atoms with van der Waals surface area (Å²) in [7, 11) is 0. The maximum atomic E-state index is 10.9. The number of nitrogens with zero attached hydrogens (tertiary/aromatic N) is 1. The standard InChI is InChI=1S/C10H9Cl2N3O2/c1-5(14-15-10(17)9(13)16)7-4-6(11)2-3-8(7)12/h2-4H,1H3,(H2,13,16)(H,15,17)/b14-5-. The smallest absolute Gasteiger partial charge is 0.329 e. The summed E-state index contributed by atoms with van der Waals surface area (Å²) < 4.78 is 0. The molecular weight excluding hydrogens is 265 g/mol. The summed E-state index contributed by atoms with van der Waals surface area (Å²) in [6.45, 7) is 1.61. The maximum Gasteiger partial charge on any atom is 0.329 e. The number of halogens is 2. The lowest BCUT2D eigenvalue weighted by Crippen LogP contribution is -2.33. The van der Waals surface area contributed by atoms with E-state index in [1.807, 2.05) is 5.43 Å². The third kappa shape index (κ3) is 3.72. The summed E-state index contributed by atoms with van der Waals surface area (Å²) >= 11 is 11.7. The minimum Gasteiger partial charge on any atom is -0.361 e. The van der Waals surface area contributed by atoms with Crippen molar-refractivity contribution in [1.29, 1.82) is 0 Å². The summed E-state index contributed by atoms with van der Waals surface area (Å²) in [5.41, 5.74) is 7.72. The Bertz CT molecular complexity index is 500. The first kappa shape index (κ1) is 13.5. The average molecular weight is 274 g/mol. The highest BCUT2D eigenvalue weighted by Crippen LogP contribution is 2.21. The lowest BCUT2D eigenvalue weighted by molar-refractivity contribution is -0.137. The Hall–Kier alpha value is -1.59. The number of primary amides is 1. The van der Waals surface area contributed by atoms with Gasteiger partial charge in [-0.05, 0) is 25.1 Å². The molecule has 0 bridgehead atoms. The van der Waals surface area contributed by atoms with E-state index in [9.17, 15) is 9.59 Å². The number of amides is 2. The predicted molar refractivity (Wildman–Crippen MR) is 66.0 cm³/mol. The Morgan fingerprint density at radius 3 is 2.59 bits per heavy atom. The number of benzene rings is 1. The number of carbonyl (C=O) groups excluding carboxylic acids is 2. The van der Waals surface area contributed by atoms with Gasteiger partial charge in [-0.1, -0.05) is 23.2 Å². The van der Waals surface area contributed by atoms with E-state index in [-0.39, 0.29) is 0 Å². The van der Waals surface area contributed by atoms with Gasteiger partial charge in [-0.15, -0.1) is 0 Å². The van der Waals surface area contributed by atoms with Crippen molar-refractivity contribution in [3.8, 4) is 0 Å². The first-order valence-electron chi connectivity index (χ1n) is 4.51. The molecule has 0 spiro atoms. The van der Waals surface area contributed by atoms with E-state index in [4.69, 9.17) is 28.9 Å². The van der Waals surface area contributed by atoms with Gasteiger partial charge in [-0.3, -0.25) is 9.59 Å². The van der Waals surface area contributed by atoms with Gasteiger partial charge in [-0.2, -0.15) is 5.10 Å². The molecule has 0 fully saturated rings. The Kier molecular flexibility index (Phi) is 4.48. The summed E-state index contributed by atoms with van der Waals surface area (Å²) in [5.74, 6) is -2.11. The third-order valence-corrected chi connectivity index (χ3v) is 2.43. The maximum absolute atomic E-state index is 10.9. The molecule has 0 aliphatic carbocycles. The van der Waals surface area contributed by atoms with Gasteiger partial charge in [0.25, 0.3) is 0 Å². The molecule has 1 aromatic carbocycles. The molecule has 0 aliphatic heterocycles. The Morgan fingerprint density at radius 2 is 2.00 bits per heavy atom. The topological polar surface area (TPSA) is 84.6 Å². The van der Waals surface area contributed by atoms with Crippen molar-refractivity contribution in [2.24, 2.45) is 10.8 Å². The predicted octanol–water partition coefficient (Wildman–Crippen LogP) is 1.32. The van der Waals surface area contributed by atoms with Gasteiger partial charge in [0.15, 0.2) is 0 Å². The number of nitrogens with two attached hydrogens (primary N) is 1. The van der Waals surface area contributed by atoms with Gasteiger partial charge < -0.3 is 5.73 Å². The van der Waals surface area contributed by atoms with Crippen molar-refractivity contribution >= 4 is 40.7 Å². The molecular formula is C10H9Cl2N3O2. The molecule has 0 unspecified atom stereocenters. The van der Waals surface area contributed by atoms with Crippen LogP contribution in [-0.2, 0) is 9.59 Å². The molecule has 0 radical (unpaired) electrons. The SMILES string of the molecule is C/C(=N/NC(=O)C(N)=O)c1cc(Cl)ccc1Cl. The Morgan fingerprint density at radius 1 is 1.35 bits per heavy atom. The van der Waals surface area contributed by atoms with Crippen LogP contribution in [0.3, 0.4) is 0 Å². The van der Waals surface area contributed by atoms with Crippen LogP contribution in [0, 0.1) is 0 Å². The van der Waals surface area contributed by atoms with Crippen molar-refractivity contribution in [3.05, 3.63) is 33.8 Å². The molecule has 1 rings (SSSR count). The van der Waals surface area contributed by atoms with E-state index in [0.717, 1.165) is 0 Å². The highest BCUT2D eigenvalue weighted by molar-refractivity contribution is 6.36. The molecule has 2 amide bonds. The van der Waals surface area contributed by atoms with Crippen molar-refractivity contribution in [2.75, 3.05) is 0 Å². The first-order chi connectivity index (χ1) is 7.91. The lowest BCUT2D eigenvalue weighted by atomic mass is 10.1. The van der Waals surface area contributed by atoms with Crippen LogP contribution in [0.15, 0.2) is 23.3 Å². The molecule has 0 saturated heterocycles. The second-order valence-electron chi connectivity index (χ2n) is 3.13. The van der Waals surface area contributed by atoms with Gasteiger partial charge in [0.05, 0.1) is 5.71 Å². The van der Waals surface area contributed by atoms with Gasteiger partial charge in [0.2, 0.25) is 0 Å². The molecule has 0 atom stereocenters. The fourth-order valence-corrected chi connectivity index (χ4v) is 1.45. The van der Waals surface area contributed by atoms with Crippen molar-refractivity contribution in [3.63, 3.8) is 0 Å². The average Bonchev–Trinajstić information content (AvgIpc) is 2.28. The van der Waals surface area contributed by atoms with E-state index in [1.165, 1.54) is 0 Å². The van der Waals surface area contributed by atoms with Gasteiger partial charge in [-0.25, -0.2) is 5.43 Å². The zero-order chi connectivity index (χ0) is 13.0. The number of rotatable bonds is 2. The normalized spacial score (nSPS) is 11.1. The molecule has 3 N–H and O–H groups in total. The first-order valence-corrected chi connectivity index (χ1v) is 5.27. The van der Waals surface area contributed by atoms with E-state index in [2.05, 4.69) is 5.10 Å². The lowest BCUT2D eigenvalue weighted by Gasteiger charge is -2.04. The van der Waals surface area contributed by atoms with Crippen LogP contribution in [0.4, 0.5) is 0 Å². The monoisotopic (exact) mass is 273 g/mol. The minimum atomic E-state index is -1.11. The van der Waals surface area contributed by atoms with Crippen molar-refractivity contribution < 1.29 is 9.59 Å². The molecule has 0 aromatic heterocycles. The van der Waals surface area contributed by atoms with Crippen LogP contribution in [0.2, 0.25) is 10.0 Å². The van der Waals surface area contributed by atoms with Crippen molar-refractivity contribution in [1.82, 2.24) is 5.43 Å². The second-order valence-corrected chi connectivity index (χ2v) is 3.97. The summed E-state index contributed by atoms with van der Waals surface area (Å²) in [6, 6.07) is 4.83. The van der Waals surface area contributed by atoms with Gasteiger partial charge in [0.1, 0.15) is 0 Å². The quantitative estimate of drug-likeness (QED) is 0.484. The van der Waals surface area contributed by atoms with Crippen LogP contribution >= 0.6 is 23.2 Å². The van der Waals surface area contributed by atoms with Gasteiger partial charge in [0, 0.05) is 15.6 Å². The van der Waals surface area contributed by atoms with E-state index < -0.39 is 11.8 Å². The van der Waals surface area contributed by atoms with E-state index in [0.29, 0.717) is 21.3 Å². The highest BCUT2D eigenvalue weighted by Gasteiger charge is 2.08. The largest absolute Gasteiger partial charge is 0.361 e. The summed E-state index contributed by atoms with van der Waals surface area (Å²) in [5, 5.41) is 4.61. The van der Waals surface area contributed by atoms with E-state index in [1.54, 1.807) is 25.1 Å². The molecule has 0 aliphatic rings. The zero-order valence-electron chi connectivity index (χ0n) is 8.83. The van der Waals surface area contributed by atoms with Gasteiger partial charge >= 0.3 is 11.8 Å². The molecule has 0 heterocycles. The number of hydrazone groups is 1. The van der Waals surface area contributed by atoms with Crippen LogP contribution in [0.5, 0.6) is 0 Å². The summed E-state index contributed by atoms with van der Waals surface area (Å²) in [4.78, 5) is 21.3. The van der Waals surface area contributed by atoms with Crippen LogP contribution in [0.1, 0.15) is 12.5 Å². The third-order valence-electron chi connectivity index (χ3n) is 1.87. The van der Waals surface area contributed by atoms with Crippen LogP contribution in [0.25, 0.3) is 0 Å². The number of hydrogen-bond acceptors (Lipinski definition) is 3. The Balaban J connectivity index is 2.92. The zero-order valence-corrected chi connectivity index (χ0v) is 10.3. The van der Waals surface area contributed by atoms with Crippen molar-refractivity contribution in [2.45, 2.75) is 6.92 Å². The molecule has 90 valence electrons.